The number of ether oxygens (including phenoxy) is 1. The topological polar surface area (TPSA) is 68.6 Å². The minimum absolute atomic E-state index is 0.0943. The van der Waals surface area contributed by atoms with Crippen molar-refractivity contribution in [3.8, 4) is 11.3 Å². The van der Waals surface area contributed by atoms with Crippen LogP contribution in [0.25, 0.3) is 17.3 Å². The van der Waals surface area contributed by atoms with E-state index in [2.05, 4.69) is 32.1 Å². The summed E-state index contributed by atoms with van der Waals surface area (Å²) in [5.74, 6) is 0.498. The summed E-state index contributed by atoms with van der Waals surface area (Å²) in [6.07, 6.45) is 12.7. The first kappa shape index (κ1) is 24.5. The number of benzene rings is 1. The summed E-state index contributed by atoms with van der Waals surface area (Å²) in [5.41, 5.74) is 8.12. The molecule has 0 radical (unpaired) electrons. The molecule has 1 aromatic heterocycles. The van der Waals surface area contributed by atoms with Gasteiger partial charge in [0.05, 0.1) is 11.4 Å². The lowest BCUT2D eigenvalue weighted by atomic mass is 9.82. The van der Waals surface area contributed by atoms with Gasteiger partial charge in [-0.15, -0.1) is 0 Å². The standard InChI is InChI=1S/C30H32N2O3/c1-19-15-26(16-20(2)33)27(23-12-13-23)17-28(19)32-30-21(3)29(24-9-6-5-7-10-24)31-18-25(30)11-8-14-35-22(4)34/h5-11,16-19,23H,12-15H2,1-4H3/b11-8?,26-16-,32-28?. The SMILES string of the molecule is CC(=O)/C=C1/CC(C)C(=Nc2c(C=CCOC(C)=O)cnc(-c3ccccc3)c2C)C=C1C1CC1. The molecule has 2 aliphatic rings. The molecule has 0 bridgehead atoms. The number of rotatable bonds is 7. The highest BCUT2D eigenvalue weighted by atomic mass is 16.5. The summed E-state index contributed by atoms with van der Waals surface area (Å²) in [7, 11) is 0. The summed E-state index contributed by atoms with van der Waals surface area (Å²) >= 11 is 0. The van der Waals surface area contributed by atoms with E-state index in [1.807, 2.05) is 36.5 Å². The zero-order chi connectivity index (χ0) is 24.9. The largest absolute Gasteiger partial charge is 0.462 e. The quantitative estimate of drug-likeness (QED) is 0.339. The molecule has 5 nitrogen and oxygen atoms in total. The van der Waals surface area contributed by atoms with Crippen LogP contribution in [0.5, 0.6) is 0 Å². The van der Waals surface area contributed by atoms with Crippen molar-refractivity contribution in [2.45, 2.75) is 47.0 Å². The molecule has 2 aliphatic carbocycles. The molecule has 1 heterocycles. The second kappa shape index (κ2) is 10.8. The number of aliphatic imine (C=N–C) groups is 1. The third kappa shape index (κ3) is 6.10. The summed E-state index contributed by atoms with van der Waals surface area (Å²) in [6.45, 7) is 7.43. The van der Waals surface area contributed by atoms with E-state index in [0.29, 0.717) is 5.92 Å². The van der Waals surface area contributed by atoms with Crippen molar-refractivity contribution < 1.29 is 14.3 Å². The second-order valence-corrected chi connectivity index (χ2v) is 9.40. The Bertz CT molecular complexity index is 1250. The van der Waals surface area contributed by atoms with Gasteiger partial charge < -0.3 is 4.74 Å². The number of hydrogen-bond acceptors (Lipinski definition) is 5. The fourth-order valence-corrected chi connectivity index (χ4v) is 4.50. The minimum atomic E-state index is -0.313. The Balaban J connectivity index is 1.80. The van der Waals surface area contributed by atoms with Gasteiger partial charge in [0.15, 0.2) is 5.78 Å². The Kier molecular flexibility index (Phi) is 7.54. The number of pyridine rings is 1. The Morgan fingerprint density at radius 2 is 1.91 bits per heavy atom. The van der Waals surface area contributed by atoms with Crippen molar-refractivity contribution >= 4 is 29.2 Å². The van der Waals surface area contributed by atoms with Gasteiger partial charge in [0.25, 0.3) is 0 Å². The van der Waals surface area contributed by atoms with Gasteiger partial charge in [-0.2, -0.15) is 0 Å². The molecule has 0 amide bonds. The highest BCUT2D eigenvalue weighted by Crippen LogP contribution is 2.44. The molecule has 1 aromatic carbocycles. The lowest BCUT2D eigenvalue weighted by molar-refractivity contribution is -0.139. The fraction of sp³-hybridized carbons (Fsp3) is 0.333. The molecular formula is C30H32N2O3. The van der Waals surface area contributed by atoms with Gasteiger partial charge in [0, 0.05) is 41.4 Å². The minimum Gasteiger partial charge on any atom is -0.462 e. The third-order valence-electron chi connectivity index (χ3n) is 6.38. The van der Waals surface area contributed by atoms with Crippen LogP contribution in [0.2, 0.25) is 0 Å². The van der Waals surface area contributed by atoms with Crippen molar-refractivity contribution in [1.82, 2.24) is 4.98 Å². The Labute approximate surface area is 207 Å². The third-order valence-corrected chi connectivity index (χ3v) is 6.38. The molecule has 1 fully saturated rings. The molecule has 1 saturated carbocycles. The fourth-order valence-electron chi connectivity index (χ4n) is 4.50. The first-order valence-corrected chi connectivity index (χ1v) is 12.2. The van der Waals surface area contributed by atoms with Crippen molar-refractivity contribution in [3.63, 3.8) is 0 Å². The van der Waals surface area contributed by atoms with E-state index in [1.165, 1.54) is 25.3 Å². The average Bonchev–Trinajstić information content (AvgIpc) is 3.65. The predicted molar refractivity (Wildman–Crippen MR) is 141 cm³/mol. The van der Waals surface area contributed by atoms with Gasteiger partial charge in [-0.1, -0.05) is 43.3 Å². The number of carbonyl (C=O) groups is 2. The van der Waals surface area contributed by atoms with Gasteiger partial charge in [-0.05, 0) is 68.4 Å². The molecule has 1 atom stereocenters. The van der Waals surface area contributed by atoms with Gasteiger partial charge >= 0.3 is 5.97 Å². The second-order valence-electron chi connectivity index (χ2n) is 9.40. The van der Waals surface area contributed by atoms with Crippen molar-refractivity contribution in [3.05, 3.63) is 77.0 Å². The number of carbonyl (C=O) groups excluding carboxylic acids is 2. The van der Waals surface area contributed by atoms with E-state index in [1.54, 1.807) is 13.0 Å². The molecule has 180 valence electrons. The zero-order valence-electron chi connectivity index (χ0n) is 20.9. The van der Waals surface area contributed by atoms with Gasteiger partial charge in [-0.3, -0.25) is 19.6 Å². The first-order chi connectivity index (χ1) is 16.8. The van der Waals surface area contributed by atoms with E-state index in [9.17, 15) is 9.59 Å². The number of hydrogen-bond donors (Lipinski definition) is 0. The van der Waals surface area contributed by atoms with Crippen molar-refractivity contribution in [2.75, 3.05) is 6.61 Å². The summed E-state index contributed by atoms with van der Waals surface area (Å²) < 4.78 is 5.06. The van der Waals surface area contributed by atoms with Crippen molar-refractivity contribution in [1.29, 1.82) is 0 Å². The molecule has 5 heteroatoms. The predicted octanol–water partition coefficient (Wildman–Crippen LogP) is 6.60. The zero-order valence-corrected chi connectivity index (χ0v) is 20.9. The smallest absolute Gasteiger partial charge is 0.302 e. The molecule has 0 spiro atoms. The van der Waals surface area contributed by atoms with Crippen LogP contribution in [0.3, 0.4) is 0 Å². The molecule has 35 heavy (non-hydrogen) atoms. The monoisotopic (exact) mass is 468 g/mol. The van der Waals surface area contributed by atoms with E-state index in [-0.39, 0.29) is 24.3 Å². The number of esters is 1. The maximum atomic E-state index is 11.8. The van der Waals surface area contributed by atoms with Crippen LogP contribution in [0.4, 0.5) is 5.69 Å². The molecule has 1 unspecified atom stereocenters. The molecule has 0 aliphatic heterocycles. The lowest BCUT2D eigenvalue weighted by Crippen LogP contribution is -2.18. The normalized spacial score (nSPS) is 20.3. The molecule has 2 aromatic rings. The van der Waals surface area contributed by atoms with Crippen LogP contribution in [-0.4, -0.2) is 29.1 Å². The number of allylic oxidation sites excluding steroid dienone is 4. The van der Waals surface area contributed by atoms with E-state index < -0.39 is 0 Å². The van der Waals surface area contributed by atoms with Crippen LogP contribution in [0.1, 0.15) is 51.2 Å². The van der Waals surface area contributed by atoms with Crippen LogP contribution < -0.4 is 0 Å². The Morgan fingerprint density at radius 3 is 2.57 bits per heavy atom. The maximum Gasteiger partial charge on any atom is 0.302 e. The van der Waals surface area contributed by atoms with E-state index in [4.69, 9.17) is 14.7 Å². The summed E-state index contributed by atoms with van der Waals surface area (Å²) in [6, 6.07) is 10.1. The number of ketones is 1. The van der Waals surface area contributed by atoms with Crippen molar-refractivity contribution in [2.24, 2.45) is 16.8 Å². The van der Waals surface area contributed by atoms with Crippen LogP contribution >= 0.6 is 0 Å². The highest BCUT2D eigenvalue weighted by molar-refractivity contribution is 6.02. The molecular weight excluding hydrogens is 436 g/mol. The molecule has 0 saturated heterocycles. The Hall–Kier alpha value is -3.60. The lowest BCUT2D eigenvalue weighted by Gasteiger charge is -2.24. The maximum absolute atomic E-state index is 11.8. The summed E-state index contributed by atoms with van der Waals surface area (Å²) in [4.78, 5) is 32.9. The summed E-state index contributed by atoms with van der Waals surface area (Å²) in [5, 5.41) is 0. The molecule has 0 N–H and O–H groups in total. The van der Waals surface area contributed by atoms with E-state index >= 15 is 0 Å². The van der Waals surface area contributed by atoms with Gasteiger partial charge in [-0.25, -0.2) is 0 Å². The van der Waals surface area contributed by atoms with Gasteiger partial charge in [0.1, 0.15) is 6.61 Å². The van der Waals surface area contributed by atoms with Crippen LogP contribution in [0.15, 0.2) is 70.9 Å². The first-order valence-electron chi connectivity index (χ1n) is 12.2. The number of aromatic nitrogens is 1. The highest BCUT2D eigenvalue weighted by Gasteiger charge is 2.32. The number of nitrogens with zero attached hydrogens (tertiary/aromatic N) is 2. The molecule has 4 rings (SSSR count). The van der Waals surface area contributed by atoms with Gasteiger partial charge in [0.2, 0.25) is 0 Å². The Morgan fingerprint density at radius 1 is 1.17 bits per heavy atom. The average molecular weight is 469 g/mol. The van der Waals surface area contributed by atoms with Crippen LogP contribution in [-0.2, 0) is 14.3 Å². The van der Waals surface area contributed by atoms with Crippen LogP contribution in [0, 0.1) is 18.8 Å². The van der Waals surface area contributed by atoms with E-state index in [0.717, 1.165) is 45.8 Å².